The van der Waals surface area contributed by atoms with Gasteiger partial charge in [-0.25, -0.2) is 13.6 Å². The number of aromatic nitrogens is 2. The van der Waals surface area contributed by atoms with Crippen LogP contribution in [0.2, 0.25) is 0 Å². The van der Waals surface area contributed by atoms with Gasteiger partial charge in [-0.2, -0.15) is 0 Å². The summed E-state index contributed by atoms with van der Waals surface area (Å²) in [7, 11) is 0. The molecule has 11 heteroatoms. The van der Waals surface area contributed by atoms with Crippen molar-refractivity contribution in [2.75, 3.05) is 0 Å². The van der Waals surface area contributed by atoms with Gasteiger partial charge < -0.3 is 19.6 Å². The highest BCUT2D eigenvalue weighted by atomic mass is 32.1. The predicted octanol–water partition coefficient (Wildman–Crippen LogP) is 2.93. The summed E-state index contributed by atoms with van der Waals surface area (Å²) in [5, 5.41) is 5.86. The summed E-state index contributed by atoms with van der Waals surface area (Å²) in [6, 6.07) is 3.04. The summed E-state index contributed by atoms with van der Waals surface area (Å²) in [5.41, 5.74) is 2.06. The highest BCUT2D eigenvalue weighted by Gasteiger charge is 2.33. The fraction of sp³-hybridized carbons (Fsp3) is 0.389. The molecule has 3 N–H and O–H groups in total. The van der Waals surface area contributed by atoms with Crippen LogP contribution in [0.5, 0.6) is 0 Å². The van der Waals surface area contributed by atoms with Gasteiger partial charge in [-0.05, 0) is 50.7 Å². The number of hydrogen-bond donors (Lipinski definition) is 3. The molecule has 0 spiro atoms. The molecule has 1 aromatic heterocycles. The van der Waals surface area contributed by atoms with Gasteiger partial charge in [-0.1, -0.05) is 5.10 Å². The Labute approximate surface area is 171 Å². The molecule has 0 saturated carbocycles. The van der Waals surface area contributed by atoms with Crippen LogP contribution in [-0.4, -0.2) is 33.0 Å². The lowest BCUT2D eigenvalue weighted by Crippen LogP contribution is -2.59. The molecule has 2 aromatic rings. The number of halogens is 2. The highest BCUT2D eigenvalue weighted by molar-refractivity contribution is 7.71. The Hall–Kier alpha value is -2.88. The lowest BCUT2D eigenvalue weighted by Gasteiger charge is -2.36. The first-order chi connectivity index (χ1) is 13.4. The number of isocyanates is 1. The first-order valence-electron chi connectivity index (χ1n) is 8.52. The summed E-state index contributed by atoms with van der Waals surface area (Å²) in [5.74, 6) is -3.66. The molecule has 156 valence electrons. The number of rotatable bonds is 7. The Morgan fingerprint density at radius 3 is 2.45 bits per heavy atom. The Bertz CT molecular complexity index is 987. The van der Waals surface area contributed by atoms with Crippen LogP contribution in [0.3, 0.4) is 0 Å². The molecular weight excluding hydrogens is 404 g/mol. The van der Waals surface area contributed by atoms with E-state index in [-0.39, 0.29) is 22.6 Å². The number of ether oxygens (including phenoxy) is 1. The molecule has 0 fully saturated rings. The molecule has 0 radical (unpaired) electrons. The minimum absolute atomic E-state index is 0.0451. The SMILES string of the molecule is CC(C)(C)OC(C)(NN=C=O)NC(=O)c1c[nH]c(=S)n1Cc1cc(F)cc(F)c1. The number of hydrazone groups is 1. The van der Waals surface area contributed by atoms with Gasteiger partial charge in [0.25, 0.3) is 12.0 Å². The van der Waals surface area contributed by atoms with Gasteiger partial charge in [0.15, 0.2) is 4.77 Å². The second kappa shape index (κ2) is 8.64. The largest absolute Gasteiger partial charge is 0.337 e. The quantitative estimate of drug-likeness (QED) is 0.208. The zero-order valence-electron chi connectivity index (χ0n) is 16.3. The zero-order valence-corrected chi connectivity index (χ0v) is 17.1. The Balaban J connectivity index is 2.33. The van der Waals surface area contributed by atoms with E-state index in [1.165, 1.54) is 23.8 Å². The molecule has 1 amide bonds. The van der Waals surface area contributed by atoms with E-state index in [4.69, 9.17) is 17.0 Å². The van der Waals surface area contributed by atoms with Crippen molar-refractivity contribution in [1.82, 2.24) is 20.3 Å². The van der Waals surface area contributed by atoms with Gasteiger partial charge in [0.2, 0.25) is 5.85 Å². The molecule has 29 heavy (non-hydrogen) atoms. The molecule has 1 heterocycles. The fourth-order valence-electron chi connectivity index (χ4n) is 2.72. The molecule has 8 nitrogen and oxygen atoms in total. The summed E-state index contributed by atoms with van der Waals surface area (Å²) in [6.07, 6.45) is 2.67. The fourth-order valence-corrected chi connectivity index (χ4v) is 2.95. The standard InChI is InChI=1S/C18H21F2N5O3S/c1-17(2,3)28-18(4,24-22-10-26)23-15(27)14-8-21-16(29)25(14)9-11-5-12(19)7-13(20)6-11/h5-8,24H,9H2,1-4H3,(H,21,29)(H,23,27). The number of aromatic amines is 1. The van der Waals surface area contributed by atoms with Crippen molar-refractivity contribution in [3.05, 3.63) is 52.1 Å². The molecule has 0 bridgehead atoms. The third kappa shape index (κ3) is 6.31. The van der Waals surface area contributed by atoms with Crippen molar-refractivity contribution in [2.45, 2.75) is 45.7 Å². The van der Waals surface area contributed by atoms with Crippen molar-refractivity contribution in [3.8, 4) is 0 Å². The van der Waals surface area contributed by atoms with E-state index in [1.54, 1.807) is 20.8 Å². The number of benzene rings is 1. The van der Waals surface area contributed by atoms with Crippen molar-refractivity contribution in [3.63, 3.8) is 0 Å². The number of hydrogen-bond acceptors (Lipinski definition) is 6. The lowest BCUT2D eigenvalue weighted by molar-refractivity contribution is -0.151. The molecule has 2 rings (SSSR count). The summed E-state index contributed by atoms with van der Waals surface area (Å²) in [6.45, 7) is 6.67. The molecule has 1 atom stereocenters. The summed E-state index contributed by atoms with van der Waals surface area (Å²) in [4.78, 5) is 26.1. The number of H-pyrrole nitrogens is 1. The van der Waals surface area contributed by atoms with Crippen LogP contribution in [0.1, 0.15) is 43.7 Å². The van der Waals surface area contributed by atoms with Crippen molar-refractivity contribution >= 4 is 24.2 Å². The van der Waals surface area contributed by atoms with Crippen molar-refractivity contribution in [2.24, 2.45) is 5.10 Å². The maximum Gasteiger partial charge on any atom is 0.273 e. The van der Waals surface area contributed by atoms with Gasteiger partial charge in [0.05, 0.1) is 12.1 Å². The molecule has 0 saturated heterocycles. The van der Waals surface area contributed by atoms with Crippen LogP contribution >= 0.6 is 12.2 Å². The van der Waals surface area contributed by atoms with Crippen molar-refractivity contribution < 1.29 is 23.1 Å². The van der Waals surface area contributed by atoms with Gasteiger partial charge in [0.1, 0.15) is 17.3 Å². The molecule has 0 aliphatic rings. The van der Waals surface area contributed by atoms with Crippen LogP contribution in [0, 0.1) is 16.4 Å². The van der Waals surface area contributed by atoms with E-state index in [0.29, 0.717) is 0 Å². The summed E-state index contributed by atoms with van der Waals surface area (Å²) >= 11 is 5.18. The minimum Gasteiger partial charge on any atom is -0.337 e. The predicted molar refractivity (Wildman–Crippen MR) is 103 cm³/mol. The van der Waals surface area contributed by atoms with E-state index in [1.807, 2.05) is 0 Å². The monoisotopic (exact) mass is 425 g/mol. The minimum atomic E-state index is -1.55. The second-order valence-corrected chi connectivity index (χ2v) is 7.75. The molecule has 1 unspecified atom stereocenters. The van der Waals surface area contributed by atoms with Crippen LogP contribution in [0.15, 0.2) is 29.5 Å². The molecule has 1 aromatic carbocycles. The average molecular weight is 425 g/mol. The number of imidazole rings is 1. The number of amides is 1. The Morgan fingerprint density at radius 2 is 1.90 bits per heavy atom. The number of carbonyl (C=O) groups excluding carboxylic acids is 2. The highest BCUT2D eigenvalue weighted by Crippen LogP contribution is 2.17. The summed E-state index contributed by atoms with van der Waals surface area (Å²) < 4.78 is 34.3. The van der Waals surface area contributed by atoms with E-state index >= 15 is 0 Å². The average Bonchev–Trinajstić information content (AvgIpc) is 2.91. The first kappa shape index (κ1) is 22.4. The van der Waals surface area contributed by atoms with Gasteiger partial charge in [0, 0.05) is 19.2 Å². The maximum absolute atomic E-state index is 13.5. The molecular formula is C18H21F2N5O3S. The maximum atomic E-state index is 13.5. The first-order valence-corrected chi connectivity index (χ1v) is 8.93. The number of carbonyl (C=O) groups is 1. The van der Waals surface area contributed by atoms with Gasteiger partial charge in [-0.15, -0.1) is 0 Å². The van der Waals surface area contributed by atoms with E-state index in [2.05, 4.69) is 20.8 Å². The van der Waals surface area contributed by atoms with E-state index in [0.717, 1.165) is 18.2 Å². The van der Waals surface area contributed by atoms with Crippen LogP contribution in [-0.2, 0) is 16.1 Å². The third-order valence-corrected chi connectivity index (χ3v) is 3.88. The Morgan fingerprint density at radius 1 is 1.28 bits per heavy atom. The van der Waals surface area contributed by atoms with E-state index < -0.39 is 29.0 Å². The van der Waals surface area contributed by atoms with Crippen molar-refractivity contribution in [1.29, 1.82) is 0 Å². The third-order valence-electron chi connectivity index (χ3n) is 3.54. The zero-order chi connectivity index (χ0) is 21.8. The molecule has 0 aliphatic carbocycles. The second-order valence-electron chi connectivity index (χ2n) is 7.36. The number of nitrogens with one attached hydrogen (secondary N) is 3. The van der Waals surface area contributed by atoms with Gasteiger partial charge in [-0.3, -0.25) is 10.2 Å². The Kier molecular flexibility index (Phi) is 6.68. The van der Waals surface area contributed by atoms with Gasteiger partial charge >= 0.3 is 0 Å². The van der Waals surface area contributed by atoms with Crippen LogP contribution in [0.25, 0.3) is 0 Å². The normalized spacial score (nSPS) is 13.3. The lowest BCUT2D eigenvalue weighted by atomic mass is 10.2. The smallest absolute Gasteiger partial charge is 0.273 e. The number of nitrogens with zero attached hydrogens (tertiary/aromatic N) is 2. The van der Waals surface area contributed by atoms with E-state index in [9.17, 15) is 18.4 Å². The van der Waals surface area contributed by atoms with Crippen LogP contribution < -0.4 is 10.7 Å². The molecule has 0 aliphatic heterocycles. The van der Waals surface area contributed by atoms with Crippen LogP contribution in [0.4, 0.5) is 8.78 Å². The topological polar surface area (TPSA) is 101 Å².